The van der Waals surface area contributed by atoms with Crippen molar-refractivity contribution in [2.75, 3.05) is 39.8 Å². The standard InChI is InChI=1S/C25H32FN3O4S/c1-33-22-8-4-6-19(16-22)24(28-13-2-3-14-28)17-27-25(30)20-7-5-15-29(18-20)34(31,32)23-11-9-21(26)10-12-23/h4,6,8-12,16,20,24H,2-3,5,7,13-15,17-18H2,1H3,(H,27,30). The van der Waals surface area contributed by atoms with Gasteiger partial charge in [-0.05, 0) is 80.7 Å². The van der Waals surface area contributed by atoms with Crippen LogP contribution in [-0.4, -0.2) is 63.4 Å². The highest BCUT2D eigenvalue weighted by atomic mass is 32.2. The third-order valence-corrected chi connectivity index (χ3v) is 8.62. The molecule has 2 fully saturated rings. The third-order valence-electron chi connectivity index (χ3n) is 6.74. The van der Waals surface area contributed by atoms with Gasteiger partial charge in [0.05, 0.1) is 24.0 Å². The summed E-state index contributed by atoms with van der Waals surface area (Å²) in [5.74, 6) is -0.264. The molecule has 0 aromatic heterocycles. The number of amides is 1. The zero-order chi connectivity index (χ0) is 24.1. The van der Waals surface area contributed by atoms with Crippen molar-refractivity contribution in [1.29, 1.82) is 0 Å². The van der Waals surface area contributed by atoms with Gasteiger partial charge in [-0.25, -0.2) is 12.8 Å². The van der Waals surface area contributed by atoms with E-state index in [9.17, 15) is 17.6 Å². The number of methoxy groups -OCH3 is 1. The van der Waals surface area contributed by atoms with Gasteiger partial charge < -0.3 is 10.1 Å². The zero-order valence-electron chi connectivity index (χ0n) is 19.5. The summed E-state index contributed by atoms with van der Waals surface area (Å²) >= 11 is 0. The van der Waals surface area contributed by atoms with Crippen LogP contribution >= 0.6 is 0 Å². The quantitative estimate of drug-likeness (QED) is 0.616. The normalized spacial score (nSPS) is 20.7. The highest BCUT2D eigenvalue weighted by molar-refractivity contribution is 7.89. The Kier molecular flexibility index (Phi) is 7.85. The van der Waals surface area contributed by atoms with Crippen LogP contribution in [0.15, 0.2) is 53.4 Å². The first-order valence-electron chi connectivity index (χ1n) is 11.8. The Morgan fingerprint density at radius 3 is 2.56 bits per heavy atom. The topological polar surface area (TPSA) is 79.0 Å². The van der Waals surface area contributed by atoms with E-state index in [1.54, 1.807) is 7.11 Å². The summed E-state index contributed by atoms with van der Waals surface area (Å²) in [6.07, 6.45) is 3.50. The lowest BCUT2D eigenvalue weighted by Crippen LogP contribution is -2.46. The lowest BCUT2D eigenvalue weighted by Gasteiger charge is -2.32. The van der Waals surface area contributed by atoms with Crippen LogP contribution < -0.4 is 10.1 Å². The molecule has 1 N–H and O–H groups in total. The third kappa shape index (κ3) is 5.59. The van der Waals surface area contributed by atoms with Gasteiger partial charge in [-0.2, -0.15) is 4.31 Å². The van der Waals surface area contributed by atoms with Gasteiger partial charge in [0.2, 0.25) is 15.9 Å². The van der Waals surface area contributed by atoms with Crippen LogP contribution in [-0.2, 0) is 14.8 Å². The first-order chi connectivity index (χ1) is 16.4. The molecule has 2 unspecified atom stereocenters. The van der Waals surface area contributed by atoms with Crippen LogP contribution in [0.1, 0.15) is 37.3 Å². The average molecular weight is 490 g/mol. The van der Waals surface area contributed by atoms with Gasteiger partial charge in [0.1, 0.15) is 11.6 Å². The Labute approximate surface area is 200 Å². The van der Waals surface area contributed by atoms with Crippen molar-refractivity contribution in [2.45, 2.75) is 36.6 Å². The average Bonchev–Trinajstić information content (AvgIpc) is 3.39. The summed E-state index contributed by atoms with van der Waals surface area (Å²) in [5.41, 5.74) is 1.09. The molecule has 2 saturated heterocycles. The summed E-state index contributed by atoms with van der Waals surface area (Å²) in [4.78, 5) is 15.5. The SMILES string of the molecule is COc1cccc(C(CNC(=O)C2CCCN(S(=O)(=O)c3ccc(F)cc3)C2)N2CCCC2)c1. The minimum absolute atomic E-state index is 0.0317. The first kappa shape index (κ1) is 24.6. The van der Waals surface area contributed by atoms with Gasteiger partial charge in [0.15, 0.2) is 0 Å². The van der Waals surface area contributed by atoms with Gasteiger partial charge in [-0.3, -0.25) is 9.69 Å². The van der Waals surface area contributed by atoms with E-state index in [0.29, 0.717) is 25.9 Å². The maximum Gasteiger partial charge on any atom is 0.243 e. The van der Waals surface area contributed by atoms with Crippen molar-refractivity contribution in [3.05, 3.63) is 59.9 Å². The Bertz CT molecular complexity index is 1090. The van der Waals surface area contributed by atoms with Gasteiger partial charge in [0, 0.05) is 19.6 Å². The number of hydrogen-bond donors (Lipinski definition) is 1. The maximum absolute atomic E-state index is 13.2. The van der Waals surface area contributed by atoms with Gasteiger partial charge in [0.25, 0.3) is 0 Å². The summed E-state index contributed by atoms with van der Waals surface area (Å²) in [6.45, 7) is 2.88. The van der Waals surface area contributed by atoms with Crippen molar-refractivity contribution in [2.24, 2.45) is 5.92 Å². The molecule has 0 aliphatic carbocycles. The molecule has 0 bridgehead atoms. The molecule has 2 aliphatic rings. The Hall–Kier alpha value is -2.49. The number of rotatable bonds is 8. The molecule has 4 rings (SSSR count). The lowest BCUT2D eigenvalue weighted by atomic mass is 9.98. The van der Waals surface area contributed by atoms with Crippen LogP contribution in [0.2, 0.25) is 0 Å². The fourth-order valence-electron chi connectivity index (χ4n) is 4.83. The highest BCUT2D eigenvalue weighted by Crippen LogP contribution is 2.28. The van der Waals surface area contributed by atoms with Crippen LogP contribution in [0.3, 0.4) is 0 Å². The van der Waals surface area contributed by atoms with E-state index in [1.807, 2.05) is 18.2 Å². The number of sulfonamides is 1. The summed E-state index contributed by atoms with van der Waals surface area (Å²) in [5, 5.41) is 3.09. The minimum Gasteiger partial charge on any atom is -0.497 e. The number of carbonyl (C=O) groups is 1. The van der Waals surface area contributed by atoms with Gasteiger partial charge in [-0.1, -0.05) is 12.1 Å². The lowest BCUT2D eigenvalue weighted by molar-refractivity contribution is -0.126. The number of hydrogen-bond acceptors (Lipinski definition) is 5. The second kappa shape index (κ2) is 10.8. The van der Waals surface area contributed by atoms with Crippen LogP contribution in [0.4, 0.5) is 4.39 Å². The van der Waals surface area contributed by atoms with E-state index in [2.05, 4.69) is 16.3 Å². The number of nitrogens with zero attached hydrogens (tertiary/aromatic N) is 2. The van der Waals surface area contributed by atoms with Crippen LogP contribution in [0.25, 0.3) is 0 Å². The van der Waals surface area contributed by atoms with E-state index in [4.69, 9.17) is 4.74 Å². The Morgan fingerprint density at radius 1 is 1.12 bits per heavy atom. The number of ether oxygens (including phenoxy) is 1. The number of nitrogens with one attached hydrogen (secondary N) is 1. The predicted molar refractivity (Wildman–Crippen MR) is 127 cm³/mol. The zero-order valence-corrected chi connectivity index (χ0v) is 20.3. The smallest absolute Gasteiger partial charge is 0.243 e. The van der Waals surface area contributed by atoms with Crippen molar-refractivity contribution >= 4 is 15.9 Å². The first-order valence-corrected chi connectivity index (χ1v) is 13.2. The second-order valence-electron chi connectivity index (χ2n) is 8.94. The molecule has 2 aliphatic heterocycles. The molecule has 2 heterocycles. The van der Waals surface area contributed by atoms with Crippen molar-refractivity contribution in [1.82, 2.24) is 14.5 Å². The molecule has 9 heteroatoms. The van der Waals surface area contributed by atoms with E-state index >= 15 is 0 Å². The van der Waals surface area contributed by atoms with Gasteiger partial charge in [-0.15, -0.1) is 0 Å². The predicted octanol–water partition coefficient (Wildman–Crippen LogP) is 3.19. The second-order valence-corrected chi connectivity index (χ2v) is 10.9. The molecule has 184 valence electrons. The number of carbonyl (C=O) groups excluding carboxylic acids is 1. The van der Waals surface area contributed by atoms with Crippen molar-refractivity contribution < 1.29 is 22.3 Å². The minimum atomic E-state index is -3.78. The van der Waals surface area contributed by atoms with E-state index in [-0.39, 0.29) is 23.4 Å². The van der Waals surface area contributed by atoms with Crippen molar-refractivity contribution in [3.8, 4) is 5.75 Å². The van der Waals surface area contributed by atoms with E-state index < -0.39 is 21.8 Å². The van der Waals surface area contributed by atoms with E-state index in [1.165, 1.54) is 16.4 Å². The molecule has 2 aromatic rings. The molecule has 1 amide bonds. The highest BCUT2D eigenvalue weighted by Gasteiger charge is 2.34. The number of piperidine rings is 1. The molecular weight excluding hydrogens is 457 g/mol. The van der Waals surface area contributed by atoms with Crippen LogP contribution in [0, 0.1) is 11.7 Å². The molecule has 0 saturated carbocycles. The van der Waals surface area contributed by atoms with Gasteiger partial charge >= 0.3 is 0 Å². The number of benzene rings is 2. The van der Waals surface area contributed by atoms with Crippen LogP contribution in [0.5, 0.6) is 5.75 Å². The molecule has 0 radical (unpaired) electrons. The number of likely N-dealkylation sites (tertiary alicyclic amines) is 1. The monoisotopic (exact) mass is 489 g/mol. The van der Waals surface area contributed by atoms with E-state index in [0.717, 1.165) is 49.4 Å². The molecule has 0 spiro atoms. The number of halogens is 1. The maximum atomic E-state index is 13.2. The summed E-state index contributed by atoms with van der Waals surface area (Å²) in [7, 11) is -2.14. The molecule has 34 heavy (non-hydrogen) atoms. The molecule has 2 atom stereocenters. The summed E-state index contributed by atoms with van der Waals surface area (Å²) in [6, 6.07) is 12.8. The van der Waals surface area contributed by atoms with Crippen molar-refractivity contribution in [3.63, 3.8) is 0 Å². The largest absolute Gasteiger partial charge is 0.497 e. The fourth-order valence-corrected chi connectivity index (χ4v) is 6.36. The Morgan fingerprint density at radius 2 is 1.85 bits per heavy atom. The molecule has 2 aromatic carbocycles. The fraction of sp³-hybridized carbons (Fsp3) is 0.480. The molecule has 7 nitrogen and oxygen atoms in total. The summed E-state index contributed by atoms with van der Waals surface area (Å²) < 4.78 is 46.0. The Balaban J connectivity index is 1.43. The molecular formula is C25H32FN3O4S.